The Bertz CT molecular complexity index is 702. The summed E-state index contributed by atoms with van der Waals surface area (Å²) >= 11 is 0. The maximum Gasteiger partial charge on any atom is 0.254 e. The van der Waals surface area contributed by atoms with Gasteiger partial charge in [-0.25, -0.2) is 4.39 Å². The van der Waals surface area contributed by atoms with Crippen molar-refractivity contribution in [1.29, 1.82) is 0 Å². The number of fused-ring (bicyclic) bond motifs is 1. The number of halogens is 1. The zero-order valence-corrected chi connectivity index (χ0v) is 12.1. The normalized spacial score (nSPS) is 16.4. The molecule has 1 atom stereocenters. The fourth-order valence-electron chi connectivity index (χ4n) is 2.53. The van der Waals surface area contributed by atoms with E-state index in [0.29, 0.717) is 18.8 Å². The highest BCUT2D eigenvalue weighted by molar-refractivity contribution is 5.95. The largest absolute Gasteiger partial charge is 0.497 e. The first kappa shape index (κ1) is 14.4. The van der Waals surface area contributed by atoms with E-state index in [2.05, 4.69) is 5.32 Å². The summed E-state index contributed by atoms with van der Waals surface area (Å²) in [5.74, 6) is 0.0961. The Kier molecular flexibility index (Phi) is 3.96. The molecule has 5 heteroatoms. The minimum absolute atomic E-state index is 0.00442. The van der Waals surface area contributed by atoms with Gasteiger partial charge in [0.25, 0.3) is 5.91 Å². The SMILES string of the molecule is COc1ccc(C(=O)N[C@@H]2CCOc3ccccc32)c(F)c1. The lowest BCUT2D eigenvalue weighted by atomic mass is 10.00. The maximum absolute atomic E-state index is 14.0. The molecule has 2 aromatic carbocycles. The second-order valence-corrected chi connectivity index (χ2v) is 5.05. The molecule has 0 aliphatic carbocycles. The number of rotatable bonds is 3. The van der Waals surface area contributed by atoms with Crippen molar-refractivity contribution >= 4 is 5.91 Å². The number of para-hydroxylation sites is 1. The van der Waals surface area contributed by atoms with Gasteiger partial charge < -0.3 is 14.8 Å². The Balaban J connectivity index is 1.81. The summed E-state index contributed by atoms with van der Waals surface area (Å²) in [7, 11) is 1.45. The van der Waals surface area contributed by atoms with Crippen LogP contribution in [0.4, 0.5) is 4.39 Å². The average molecular weight is 301 g/mol. The first-order valence-corrected chi connectivity index (χ1v) is 7.05. The zero-order chi connectivity index (χ0) is 15.5. The molecular formula is C17H16FNO3. The first-order chi connectivity index (χ1) is 10.7. The molecule has 0 unspecified atom stereocenters. The molecular weight excluding hydrogens is 285 g/mol. The minimum atomic E-state index is -0.600. The highest BCUT2D eigenvalue weighted by atomic mass is 19.1. The van der Waals surface area contributed by atoms with E-state index in [9.17, 15) is 9.18 Å². The van der Waals surface area contributed by atoms with E-state index in [1.54, 1.807) is 6.07 Å². The van der Waals surface area contributed by atoms with E-state index in [0.717, 1.165) is 11.3 Å². The van der Waals surface area contributed by atoms with Gasteiger partial charge >= 0.3 is 0 Å². The highest BCUT2D eigenvalue weighted by Crippen LogP contribution is 2.31. The van der Waals surface area contributed by atoms with Crippen molar-refractivity contribution in [3.05, 3.63) is 59.4 Å². The summed E-state index contributed by atoms with van der Waals surface area (Å²) < 4.78 is 24.5. The van der Waals surface area contributed by atoms with Crippen molar-refractivity contribution in [3.63, 3.8) is 0 Å². The molecule has 0 fully saturated rings. The van der Waals surface area contributed by atoms with Crippen molar-refractivity contribution in [2.75, 3.05) is 13.7 Å². The summed E-state index contributed by atoms with van der Waals surface area (Å²) in [5.41, 5.74) is 0.917. The molecule has 0 saturated heterocycles. The van der Waals surface area contributed by atoms with Crippen LogP contribution in [0.2, 0.25) is 0 Å². The fraction of sp³-hybridized carbons (Fsp3) is 0.235. The van der Waals surface area contributed by atoms with Gasteiger partial charge in [0.1, 0.15) is 17.3 Å². The Morgan fingerprint density at radius 3 is 2.91 bits per heavy atom. The van der Waals surface area contributed by atoms with Gasteiger partial charge in [-0.15, -0.1) is 0 Å². The van der Waals surface area contributed by atoms with Crippen LogP contribution >= 0.6 is 0 Å². The molecule has 0 bridgehead atoms. The smallest absolute Gasteiger partial charge is 0.254 e. The molecule has 114 valence electrons. The number of hydrogen-bond acceptors (Lipinski definition) is 3. The van der Waals surface area contributed by atoms with Crippen molar-refractivity contribution in [1.82, 2.24) is 5.32 Å². The van der Waals surface area contributed by atoms with Crippen LogP contribution in [0.15, 0.2) is 42.5 Å². The molecule has 0 saturated carbocycles. The van der Waals surface area contributed by atoms with E-state index in [1.807, 2.05) is 24.3 Å². The number of benzene rings is 2. The topological polar surface area (TPSA) is 47.6 Å². The molecule has 3 rings (SSSR count). The average Bonchev–Trinajstić information content (AvgIpc) is 2.55. The third kappa shape index (κ3) is 2.74. The van der Waals surface area contributed by atoms with Crippen LogP contribution in [0.25, 0.3) is 0 Å². The van der Waals surface area contributed by atoms with Crippen LogP contribution in [0, 0.1) is 5.82 Å². The number of amides is 1. The van der Waals surface area contributed by atoms with Gasteiger partial charge in [-0.1, -0.05) is 18.2 Å². The number of nitrogens with one attached hydrogen (secondary N) is 1. The Morgan fingerprint density at radius 1 is 1.32 bits per heavy atom. The Hall–Kier alpha value is -2.56. The number of hydrogen-bond donors (Lipinski definition) is 1. The van der Waals surface area contributed by atoms with E-state index in [-0.39, 0.29) is 11.6 Å². The summed E-state index contributed by atoms with van der Waals surface area (Å²) in [6, 6.07) is 11.6. The maximum atomic E-state index is 14.0. The molecule has 1 heterocycles. The summed E-state index contributed by atoms with van der Waals surface area (Å²) in [6.45, 7) is 0.521. The predicted molar refractivity (Wildman–Crippen MR) is 79.7 cm³/mol. The lowest BCUT2D eigenvalue weighted by Gasteiger charge is -2.26. The van der Waals surface area contributed by atoms with Crippen LogP contribution in [0.3, 0.4) is 0 Å². The van der Waals surface area contributed by atoms with Gasteiger partial charge in [0.15, 0.2) is 0 Å². The van der Waals surface area contributed by atoms with Gasteiger partial charge in [0, 0.05) is 18.1 Å². The summed E-state index contributed by atoms with van der Waals surface area (Å²) in [6.07, 6.45) is 0.653. The highest BCUT2D eigenvalue weighted by Gasteiger charge is 2.24. The molecule has 0 spiro atoms. The molecule has 0 radical (unpaired) electrons. The molecule has 1 N–H and O–H groups in total. The van der Waals surface area contributed by atoms with Crippen LogP contribution in [-0.4, -0.2) is 19.6 Å². The third-order valence-electron chi connectivity index (χ3n) is 3.68. The first-order valence-electron chi connectivity index (χ1n) is 7.05. The molecule has 4 nitrogen and oxygen atoms in total. The number of ether oxygens (including phenoxy) is 2. The van der Waals surface area contributed by atoms with E-state index in [4.69, 9.17) is 9.47 Å². The summed E-state index contributed by atoms with van der Waals surface area (Å²) in [5, 5.41) is 2.87. The van der Waals surface area contributed by atoms with Gasteiger partial charge in [0.2, 0.25) is 0 Å². The van der Waals surface area contributed by atoms with Gasteiger partial charge in [-0.2, -0.15) is 0 Å². The second-order valence-electron chi connectivity index (χ2n) is 5.05. The van der Waals surface area contributed by atoms with E-state index >= 15 is 0 Å². The summed E-state index contributed by atoms with van der Waals surface area (Å²) in [4.78, 5) is 12.3. The van der Waals surface area contributed by atoms with Crippen molar-refractivity contribution in [2.45, 2.75) is 12.5 Å². The number of carbonyl (C=O) groups excluding carboxylic acids is 1. The van der Waals surface area contributed by atoms with Gasteiger partial charge in [-0.05, 0) is 18.2 Å². The zero-order valence-electron chi connectivity index (χ0n) is 12.1. The standard InChI is InChI=1S/C17H16FNO3/c1-21-11-6-7-12(14(18)10-11)17(20)19-15-8-9-22-16-5-3-2-4-13(15)16/h2-7,10,15H,8-9H2,1H3,(H,19,20)/t15-/m1/s1. The van der Waals surface area contributed by atoms with Crippen LogP contribution in [0.5, 0.6) is 11.5 Å². The molecule has 22 heavy (non-hydrogen) atoms. The minimum Gasteiger partial charge on any atom is -0.497 e. The van der Waals surface area contributed by atoms with Gasteiger partial charge in [-0.3, -0.25) is 4.79 Å². The van der Waals surface area contributed by atoms with E-state index < -0.39 is 11.7 Å². The Morgan fingerprint density at radius 2 is 2.14 bits per heavy atom. The van der Waals surface area contributed by atoms with Crippen molar-refractivity contribution in [3.8, 4) is 11.5 Å². The second kappa shape index (κ2) is 6.05. The molecule has 2 aromatic rings. The van der Waals surface area contributed by atoms with Crippen LogP contribution < -0.4 is 14.8 Å². The van der Waals surface area contributed by atoms with Crippen LogP contribution in [-0.2, 0) is 0 Å². The monoisotopic (exact) mass is 301 g/mol. The molecule has 1 amide bonds. The fourth-order valence-corrected chi connectivity index (χ4v) is 2.53. The number of methoxy groups -OCH3 is 1. The number of carbonyl (C=O) groups is 1. The van der Waals surface area contributed by atoms with Gasteiger partial charge in [0.05, 0.1) is 25.3 Å². The van der Waals surface area contributed by atoms with Crippen molar-refractivity contribution in [2.24, 2.45) is 0 Å². The lowest BCUT2D eigenvalue weighted by Crippen LogP contribution is -2.32. The predicted octanol–water partition coefficient (Wildman–Crippen LogP) is 3.09. The molecule has 1 aliphatic rings. The lowest BCUT2D eigenvalue weighted by molar-refractivity contribution is 0.0920. The van der Waals surface area contributed by atoms with Crippen LogP contribution in [0.1, 0.15) is 28.4 Å². The molecule has 0 aromatic heterocycles. The Labute approximate surface area is 127 Å². The van der Waals surface area contributed by atoms with Crippen molar-refractivity contribution < 1.29 is 18.7 Å². The molecule has 1 aliphatic heterocycles. The quantitative estimate of drug-likeness (QED) is 0.947. The van der Waals surface area contributed by atoms with E-state index in [1.165, 1.54) is 19.2 Å². The third-order valence-corrected chi connectivity index (χ3v) is 3.68.